The first-order valence-electron chi connectivity index (χ1n) is 7.34. The van der Waals surface area contributed by atoms with Crippen molar-refractivity contribution in [1.82, 2.24) is 4.90 Å². The molecule has 0 aliphatic carbocycles. The molecule has 0 atom stereocenters. The first-order valence-corrected chi connectivity index (χ1v) is 7.34. The molecule has 1 aliphatic rings. The van der Waals surface area contributed by atoms with E-state index in [0.717, 1.165) is 13.2 Å². The van der Waals surface area contributed by atoms with E-state index in [-0.39, 0.29) is 42.4 Å². The van der Waals surface area contributed by atoms with E-state index in [1.165, 1.54) is 24.0 Å². The lowest BCUT2D eigenvalue weighted by molar-refractivity contribution is -0.136. The Hall–Kier alpha value is -2.94. The average molecular weight is 352 g/mol. The normalized spacial score (nSPS) is 13.9. The molecule has 0 saturated heterocycles. The van der Waals surface area contributed by atoms with E-state index in [4.69, 9.17) is 9.84 Å². The van der Waals surface area contributed by atoms with Gasteiger partial charge in [0, 0.05) is 19.5 Å². The molecule has 0 radical (unpaired) electrons. The fourth-order valence-electron chi connectivity index (χ4n) is 2.31. The number of benzene rings is 1. The molecule has 0 aromatic heterocycles. The molecule has 2 N–H and O–H groups in total. The highest BCUT2D eigenvalue weighted by Crippen LogP contribution is 2.27. The lowest BCUT2D eigenvalue weighted by atomic mass is 10.2. The summed E-state index contributed by atoms with van der Waals surface area (Å²) in [5.74, 6) is -2.53. The number of esters is 2. The number of carbonyl (C=O) groups is 3. The van der Waals surface area contributed by atoms with Gasteiger partial charge in [-0.25, -0.2) is 9.18 Å². The number of β-amino-alcohol motifs (C(OH)–C–C–N with tert-alkyl or cyclic N) is 1. The quantitative estimate of drug-likeness (QED) is 0.565. The van der Waals surface area contributed by atoms with E-state index >= 15 is 0 Å². The van der Waals surface area contributed by atoms with Crippen LogP contribution in [0.1, 0.15) is 6.92 Å². The summed E-state index contributed by atoms with van der Waals surface area (Å²) in [7, 11) is 1.16. The van der Waals surface area contributed by atoms with Crippen LogP contribution >= 0.6 is 0 Å². The van der Waals surface area contributed by atoms with Crippen molar-refractivity contribution in [3.8, 4) is 5.75 Å². The van der Waals surface area contributed by atoms with Gasteiger partial charge in [0.15, 0.2) is 0 Å². The number of methoxy groups -OCH3 is 1. The van der Waals surface area contributed by atoms with E-state index in [1.54, 1.807) is 0 Å². The van der Waals surface area contributed by atoms with Crippen LogP contribution in [0.15, 0.2) is 29.5 Å². The molecule has 0 spiro atoms. The summed E-state index contributed by atoms with van der Waals surface area (Å²) in [6, 6.07) is 3.51. The molecule has 1 aliphatic heterocycles. The number of aliphatic hydroxyl groups is 1. The third kappa shape index (κ3) is 4.13. The Morgan fingerprint density at radius 1 is 1.40 bits per heavy atom. The second-order valence-corrected chi connectivity index (χ2v) is 5.16. The first-order chi connectivity index (χ1) is 11.9. The molecule has 2 rings (SSSR count). The van der Waals surface area contributed by atoms with Crippen LogP contribution in [0.25, 0.3) is 0 Å². The number of rotatable bonds is 6. The van der Waals surface area contributed by atoms with Crippen LogP contribution < -0.4 is 10.1 Å². The van der Waals surface area contributed by atoms with Crippen molar-refractivity contribution in [2.45, 2.75) is 6.92 Å². The smallest absolute Gasteiger partial charge is 0.337 e. The number of hydrogen-bond acceptors (Lipinski definition) is 7. The van der Waals surface area contributed by atoms with Crippen LogP contribution in [-0.4, -0.2) is 54.7 Å². The standard InChI is InChI=1S/C16H17FN2O6/c1-9(21)25-10-3-4-12(17)13(7-10)18-14-11(16(23)24-2)8-19(5-6-20)15(14)22/h3-4,7,18,20H,5-6,8H2,1-2H3. The van der Waals surface area contributed by atoms with Crippen molar-refractivity contribution in [2.24, 2.45) is 0 Å². The van der Waals surface area contributed by atoms with Crippen LogP contribution in [-0.2, 0) is 19.1 Å². The van der Waals surface area contributed by atoms with Gasteiger partial charge in [-0.1, -0.05) is 0 Å². The number of aliphatic hydroxyl groups excluding tert-OH is 1. The number of nitrogens with one attached hydrogen (secondary N) is 1. The summed E-state index contributed by atoms with van der Waals surface area (Å²) in [5, 5.41) is 11.6. The second-order valence-electron chi connectivity index (χ2n) is 5.16. The monoisotopic (exact) mass is 352 g/mol. The Kier molecular flexibility index (Phi) is 5.71. The van der Waals surface area contributed by atoms with E-state index in [9.17, 15) is 18.8 Å². The van der Waals surface area contributed by atoms with Gasteiger partial charge in [-0.3, -0.25) is 9.59 Å². The minimum Gasteiger partial charge on any atom is -0.466 e. The minimum absolute atomic E-state index is 0.0123. The maximum absolute atomic E-state index is 14.0. The van der Waals surface area contributed by atoms with Crippen LogP contribution in [0.5, 0.6) is 5.75 Å². The minimum atomic E-state index is -0.743. The summed E-state index contributed by atoms with van der Waals surface area (Å²) in [5.41, 5.74) is -0.285. The number of hydrogen-bond donors (Lipinski definition) is 2. The van der Waals surface area contributed by atoms with Gasteiger partial charge in [-0.05, 0) is 12.1 Å². The Labute approximate surface area is 142 Å². The number of halogens is 1. The van der Waals surface area contributed by atoms with Gasteiger partial charge >= 0.3 is 11.9 Å². The highest BCUT2D eigenvalue weighted by molar-refractivity contribution is 6.08. The van der Waals surface area contributed by atoms with E-state index < -0.39 is 23.7 Å². The molecule has 1 aromatic carbocycles. The Morgan fingerprint density at radius 2 is 2.12 bits per heavy atom. The maximum Gasteiger partial charge on any atom is 0.337 e. The SMILES string of the molecule is COC(=O)C1=C(Nc2cc(OC(C)=O)ccc2F)C(=O)N(CCO)C1. The number of amides is 1. The van der Waals surface area contributed by atoms with Gasteiger partial charge in [-0.2, -0.15) is 0 Å². The van der Waals surface area contributed by atoms with Crippen molar-refractivity contribution in [1.29, 1.82) is 0 Å². The van der Waals surface area contributed by atoms with Crippen LogP contribution in [0.4, 0.5) is 10.1 Å². The van der Waals surface area contributed by atoms with Gasteiger partial charge in [0.25, 0.3) is 5.91 Å². The third-order valence-electron chi connectivity index (χ3n) is 3.41. The van der Waals surface area contributed by atoms with Gasteiger partial charge < -0.3 is 24.8 Å². The van der Waals surface area contributed by atoms with Gasteiger partial charge in [0.2, 0.25) is 0 Å². The fourth-order valence-corrected chi connectivity index (χ4v) is 2.31. The van der Waals surface area contributed by atoms with Crippen LogP contribution in [0, 0.1) is 5.82 Å². The van der Waals surface area contributed by atoms with Gasteiger partial charge in [0.05, 0.1) is 31.5 Å². The predicted molar refractivity (Wildman–Crippen MR) is 84.0 cm³/mol. The summed E-state index contributed by atoms with van der Waals surface area (Å²) in [6.45, 7) is 0.853. The highest BCUT2D eigenvalue weighted by Gasteiger charge is 2.34. The highest BCUT2D eigenvalue weighted by atomic mass is 19.1. The van der Waals surface area contributed by atoms with Gasteiger partial charge in [0.1, 0.15) is 17.3 Å². The summed E-state index contributed by atoms with van der Waals surface area (Å²) >= 11 is 0. The number of nitrogens with zero attached hydrogens (tertiary/aromatic N) is 1. The summed E-state index contributed by atoms with van der Waals surface area (Å²) < 4.78 is 23.6. The molecule has 8 nitrogen and oxygen atoms in total. The van der Waals surface area contributed by atoms with Crippen molar-refractivity contribution < 1.29 is 33.4 Å². The second kappa shape index (κ2) is 7.75. The molecule has 134 valence electrons. The zero-order chi connectivity index (χ0) is 18.6. The first kappa shape index (κ1) is 18.4. The average Bonchev–Trinajstić information content (AvgIpc) is 2.86. The zero-order valence-corrected chi connectivity index (χ0v) is 13.7. The number of anilines is 1. The molecule has 0 saturated carbocycles. The number of ether oxygens (including phenoxy) is 2. The molecule has 9 heteroatoms. The van der Waals surface area contributed by atoms with Crippen molar-refractivity contribution >= 4 is 23.5 Å². The van der Waals surface area contributed by atoms with E-state index in [2.05, 4.69) is 10.1 Å². The van der Waals surface area contributed by atoms with Crippen LogP contribution in [0.3, 0.4) is 0 Å². The van der Waals surface area contributed by atoms with E-state index in [1.807, 2.05) is 0 Å². The van der Waals surface area contributed by atoms with Gasteiger partial charge in [-0.15, -0.1) is 0 Å². The van der Waals surface area contributed by atoms with E-state index in [0.29, 0.717) is 0 Å². The molecule has 0 unspecified atom stereocenters. The molecule has 25 heavy (non-hydrogen) atoms. The zero-order valence-electron chi connectivity index (χ0n) is 13.7. The summed E-state index contributed by atoms with van der Waals surface area (Å²) in [6.07, 6.45) is 0. The molecule has 0 bridgehead atoms. The summed E-state index contributed by atoms with van der Waals surface area (Å²) in [4.78, 5) is 36.5. The molecule has 1 amide bonds. The molecular formula is C16H17FN2O6. The lowest BCUT2D eigenvalue weighted by Gasteiger charge is -2.15. The maximum atomic E-state index is 14.0. The van der Waals surface area contributed by atoms with Crippen molar-refractivity contribution in [3.63, 3.8) is 0 Å². The molecular weight excluding hydrogens is 335 g/mol. The Balaban J connectivity index is 2.36. The Bertz CT molecular complexity index is 746. The molecule has 0 fully saturated rings. The van der Waals surface area contributed by atoms with Crippen molar-refractivity contribution in [2.75, 3.05) is 32.1 Å². The Morgan fingerprint density at radius 3 is 2.72 bits per heavy atom. The third-order valence-corrected chi connectivity index (χ3v) is 3.41. The van der Waals surface area contributed by atoms with Crippen molar-refractivity contribution in [3.05, 3.63) is 35.3 Å². The lowest BCUT2D eigenvalue weighted by Crippen LogP contribution is -2.31. The largest absolute Gasteiger partial charge is 0.466 e. The molecule has 1 aromatic rings. The fraction of sp³-hybridized carbons (Fsp3) is 0.312. The predicted octanol–water partition coefficient (Wildman–Crippen LogP) is 0.424. The molecule has 1 heterocycles. The van der Waals surface area contributed by atoms with Crippen LogP contribution in [0.2, 0.25) is 0 Å². The topological polar surface area (TPSA) is 105 Å². The number of carbonyl (C=O) groups excluding carboxylic acids is 3.